The third-order valence-electron chi connectivity index (χ3n) is 3.82. The van der Waals surface area contributed by atoms with E-state index in [1.165, 1.54) is 6.26 Å². The van der Waals surface area contributed by atoms with Crippen molar-refractivity contribution in [2.24, 2.45) is 0 Å². The molecule has 1 unspecified atom stereocenters. The number of furan rings is 1. The Kier molecular flexibility index (Phi) is 4.26. The maximum Gasteiger partial charge on any atom is 0.315 e. The fourth-order valence-electron chi connectivity index (χ4n) is 2.44. The van der Waals surface area contributed by atoms with Crippen LogP contribution in [0.4, 0.5) is 4.79 Å². The first-order valence-electron chi connectivity index (χ1n) is 7.67. The van der Waals surface area contributed by atoms with Crippen LogP contribution >= 0.6 is 0 Å². The molecule has 3 aromatic rings. The van der Waals surface area contributed by atoms with Crippen LogP contribution in [0.3, 0.4) is 0 Å². The van der Waals surface area contributed by atoms with Crippen LogP contribution in [-0.2, 0) is 12.1 Å². The molecule has 1 atom stereocenters. The first-order chi connectivity index (χ1) is 11.5. The van der Waals surface area contributed by atoms with Gasteiger partial charge in [-0.25, -0.2) is 9.78 Å². The maximum absolute atomic E-state index is 11.9. The van der Waals surface area contributed by atoms with Gasteiger partial charge in [-0.15, -0.1) is 0 Å². The molecular formula is C17H20N4O3. The van der Waals surface area contributed by atoms with Gasteiger partial charge in [0.15, 0.2) is 0 Å². The average Bonchev–Trinajstić information content (AvgIpc) is 3.21. The van der Waals surface area contributed by atoms with E-state index in [1.807, 2.05) is 35.7 Å². The number of aliphatic hydroxyl groups is 1. The zero-order chi connectivity index (χ0) is 17.2. The van der Waals surface area contributed by atoms with Gasteiger partial charge in [-0.1, -0.05) is 6.07 Å². The highest BCUT2D eigenvalue weighted by atomic mass is 16.4. The number of imidazole rings is 1. The maximum atomic E-state index is 11.9. The van der Waals surface area contributed by atoms with Crippen molar-refractivity contribution in [3.05, 3.63) is 59.9 Å². The molecule has 7 heteroatoms. The van der Waals surface area contributed by atoms with E-state index in [9.17, 15) is 9.90 Å². The smallest absolute Gasteiger partial charge is 0.315 e. The molecule has 3 rings (SSSR count). The highest BCUT2D eigenvalue weighted by Gasteiger charge is 2.26. The van der Waals surface area contributed by atoms with Gasteiger partial charge in [-0.05, 0) is 38.1 Å². The minimum absolute atomic E-state index is 0.0383. The highest BCUT2D eigenvalue weighted by Crippen LogP contribution is 2.19. The van der Waals surface area contributed by atoms with Crippen molar-refractivity contribution in [3.63, 3.8) is 0 Å². The van der Waals surface area contributed by atoms with Gasteiger partial charge in [0.05, 0.1) is 25.0 Å². The standard InChI is InChI=1S/C17H20N4O3/c1-12-5-3-7-15-20-13(10-21(12)15)9-18-16(22)19-11-17(2,23)14-6-4-8-24-14/h3-8,10,23H,9,11H2,1-2H3,(H2,18,19,22). The van der Waals surface area contributed by atoms with Crippen LogP contribution in [-0.4, -0.2) is 27.1 Å². The van der Waals surface area contributed by atoms with Crippen molar-refractivity contribution in [2.75, 3.05) is 6.54 Å². The summed E-state index contributed by atoms with van der Waals surface area (Å²) < 4.78 is 7.14. The first-order valence-corrected chi connectivity index (χ1v) is 7.67. The molecule has 0 fully saturated rings. The van der Waals surface area contributed by atoms with Crippen LogP contribution in [0.5, 0.6) is 0 Å². The Morgan fingerprint density at radius 3 is 2.88 bits per heavy atom. The Morgan fingerprint density at radius 2 is 2.17 bits per heavy atom. The number of carbonyl (C=O) groups excluding carboxylic acids is 1. The molecule has 0 aliphatic heterocycles. The number of nitrogens with one attached hydrogen (secondary N) is 2. The quantitative estimate of drug-likeness (QED) is 0.667. The summed E-state index contributed by atoms with van der Waals surface area (Å²) in [4.78, 5) is 16.4. The van der Waals surface area contributed by atoms with Gasteiger partial charge < -0.3 is 24.6 Å². The summed E-state index contributed by atoms with van der Waals surface area (Å²) >= 11 is 0. The molecule has 0 spiro atoms. The Bertz CT molecular complexity index is 837. The second kappa shape index (κ2) is 6.37. The molecule has 3 aromatic heterocycles. The van der Waals surface area contributed by atoms with Gasteiger partial charge in [-0.3, -0.25) is 0 Å². The molecule has 126 valence electrons. The number of pyridine rings is 1. The van der Waals surface area contributed by atoms with Crippen LogP contribution in [0.15, 0.2) is 47.2 Å². The van der Waals surface area contributed by atoms with Crippen LogP contribution < -0.4 is 10.6 Å². The summed E-state index contributed by atoms with van der Waals surface area (Å²) in [6.07, 6.45) is 3.37. The van der Waals surface area contributed by atoms with Crippen LogP contribution in [0, 0.1) is 6.92 Å². The van der Waals surface area contributed by atoms with E-state index in [1.54, 1.807) is 19.1 Å². The van der Waals surface area contributed by atoms with Crippen LogP contribution in [0.2, 0.25) is 0 Å². The fraction of sp³-hybridized carbons (Fsp3) is 0.294. The highest BCUT2D eigenvalue weighted by molar-refractivity contribution is 5.73. The summed E-state index contributed by atoms with van der Waals surface area (Å²) in [5.41, 5.74) is 1.41. The van der Waals surface area contributed by atoms with E-state index >= 15 is 0 Å². The first kappa shape index (κ1) is 16.1. The lowest BCUT2D eigenvalue weighted by Crippen LogP contribution is -2.43. The third-order valence-corrected chi connectivity index (χ3v) is 3.82. The topological polar surface area (TPSA) is 91.8 Å². The van der Waals surface area contributed by atoms with Gasteiger partial charge in [0.25, 0.3) is 0 Å². The van der Waals surface area contributed by atoms with Crippen molar-refractivity contribution in [2.45, 2.75) is 26.0 Å². The zero-order valence-corrected chi connectivity index (χ0v) is 13.6. The van der Waals surface area contributed by atoms with E-state index in [0.29, 0.717) is 12.3 Å². The molecule has 24 heavy (non-hydrogen) atoms. The molecule has 2 amide bonds. The van der Waals surface area contributed by atoms with Gasteiger partial charge in [0.2, 0.25) is 0 Å². The number of amides is 2. The Balaban J connectivity index is 1.54. The largest absolute Gasteiger partial charge is 0.466 e. The molecule has 3 N–H and O–H groups in total. The molecule has 3 heterocycles. The lowest BCUT2D eigenvalue weighted by atomic mass is 10.0. The predicted octanol–water partition coefficient (Wildman–Crippen LogP) is 1.94. The number of aromatic nitrogens is 2. The predicted molar refractivity (Wildman–Crippen MR) is 88.4 cm³/mol. The number of hydrogen-bond acceptors (Lipinski definition) is 4. The summed E-state index contributed by atoms with van der Waals surface area (Å²) in [6.45, 7) is 3.92. The second-order valence-electron chi connectivity index (χ2n) is 5.91. The molecular weight excluding hydrogens is 308 g/mol. The number of aryl methyl sites for hydroxylation is 1. The van der Waals surface area contributed by atoms with Crippen molar-refractivity contribution < 1.29 is 14.3 Å². The molecule has 0 aliphatic carbocycles. The number of urea groups is 1. The third kappa shape index (κ3) is 3.41. The normalized spacial score (nSPS) is 13.6. The van der Waals surface area contributed by atoms with E-state index < -0.39 is 5.60 Å². The van der Waals surface area contributed by atoms with E-state index in [2.05, 4.69) is 15.6 Å². The van der Waals surface area contributed by atoms with Crippen molar-refractivity contribution in [1.82, 2.24) is 20.0 Å². The minimum atomic E-state index is -1.26. The van der Waals surface area contributed by atoms with E-state index in [4.69, 9.17) is 4.42 Å². The Hall–Kier alpha value is -2.80. The summed E-state index contributed by atoms with van der Waals surface area (Å²) in [7, 11) is 0. The van der Waals surface area contributed by atoms with Crippen molar-refractivity contribution >= 4 is 11.7 Å². The van der Waals surface area contributed by atoms with Crippen LogP contribution in [0.25, 0.3) is 5.65 Å². The molecule has 0 bridgehead atoms. The van der Waals surface area contributed by atoms with Gasteiger partial charge >= 0.3 is 6.03 Å². The molecule has 0 radical (unpaired) electrons. The van der Waals surface area contributed by atoms with Crippen molar-refractivity contribution in [1.29, 1.82) is 0 Å². The lowest BCUT2D eigenvalue weighted by molar-refractivity contribution is 0.0367. The van der Waals surface area contributed by atoms with Gasteiger partial charge in [-0.2, -0.15) is 0 Å². The summed E-state index contributed by atoms with van der Waals surface area (Å²) in [5, 5.41) is 15.6. The monoisotopic (exact) mass is 328 g/mol. The Morgan fingerprint density at radius 1 is 1.33 bits per heavy atom. The number of nitrogens with zero attached hydrogens (tertiary/aromatic N) is 2. The SMILES string of the molecule is Cc1cccc2nc(CNC(=O)NCC(C)(O)c3ccco3)cn12. The fourth-order valence-corrected chi connectivity index (χ4v) is 2.44. The number of hydrogen-bond donors (Lipinski definition) is 3. The molecule has 7 nitrogen and oxygen atoms in total. The summed E-state index contributed by atoms with van der Waals surface area (Å²) in [5.74, 6) is 0.402. The Labute approximate surface area is 139 Å². The molecule has 0 aromatic carbocycles. The van der Waals surface area contributed by atoms with Crippen LogP contribution in [0.1, 0.15) is 24.1 Å². The molecule has 0 saturated carbocycles. The second-order valence-corrected chi connectivity index (χ2v) is 5.91. The molecule has 0 aliphatic rings. The number of rotatable bonds is 5. The van der Waals surface area contributed by atoms with E-state index in [-0.39, 0.29) is 12.6 Å². The number of carbonyl (C=O) groups is 1. The minimum Gasteiger partial charge on any atom is -0.466 e. The van der Waals surface area contributed by atoms with Crippen molar-refractivity contribution in [3.8, 4) is 0 Å². The molecule has 0 saturated heterocycles. The van der Waals surface area contributed by atoms with Gasteiger partial charge in [0.1, 0.15) is 17.0 Å². The summed E-state index contributed by atoms with van der Waals surface area (Å²) in [6, 6.07) is 8.83. The zero-order valence-electron chi connectivity index (χ0n) is 13.6. The lowest BCUT2D eigenvalue weighted by Gasteiger charge is -2.21. The van der Waals surface area contributed by atoms with Gasteiger partial charge in [0, 0.05) is 11.9 Å². The average molecular weight is 328 g/mol. The number of fused-ring (bicyclic) bond motifs is 1. The van der Waals surface area contributed by atoms with E-state index in [0.717, 1.165) is 17.0 Å².